The maximum atomic E-state index is 14.5. The van der Waals surface area contributed by atoms with E-state index in [1.807, 2.05) is 0 Å². The Morgan fingerprint density at radius 3 is 1.74 bits per heavy atom. The number of hydrogen-bond donors (Lipinski definition) is 1. The fraction of sp³-hybridized carbons (Fsp3) is 0.583. The fourth-order valence-corrected chi connectivity index (χ4v) is 10.4. The van der Waals surface area contributed by atoms with Crippen LogP contribution in [-0.4, -0.2) is 4.89 Å². The van der Waals surface area contributed by atoms with Crippen molar-refractivity contribution in [3.8, 4) is 16.9 Å². The molecule has 4 atom stereocenters. The number of fused-ring (bicyclic) bond motifs is 6. The highest BCUT2D eigenvalue weighted by Crippen LogP contribution is 2.64. The van der Waals surface area contributed by atoms with Crippen LogP contribution in [-0.2, 0) is 43.6 Å². The molecule has 0 aromatic heterocycles. The van der Waals surface area contributed by atoms with Crippen molar-refractivity contribution < 1.29 is 18.5 Å². The molecule has 1 fully saturated rings. The van der Waals surface area contributed by atoms with Crippen molar-refractivity contribution in [3.63, 3.8) is 0 Å². The van der Waals surface area contributed by atoms with Crippen molar-refractivity contribution in [2.75, 3.05) is 0 Å². The van der Waals surface area contributed by atoms with Crippen LogP contribution < -0.4 is 4.52 Å². The van der Waals surface area contributed by atoms with Gasteiger partial charge >= 0.3 is 7.82 Å². The zero-order valence-corrected chi connectivity index (χ0v) is 35.7. The first kappa shape index (κ1) is 38.5. The Balaban J connectivity index is 1.57. The van der Waals surface area contributed by atoms with Crippen molar-refractivity contribution in [1.29, 1.82) is 0 Å². The second-order valence-corrected chi connectivity index (χ2v) is 22.3. The average molecular weight is 737 g/mol. The Hall–Kier alpha value is -2.81. The predicted molar refractivity (Wildman–Crippen MR) is 221 cm³/mol. The third-order valence-corrected chi connectivity index (χ3v) is 13.6. The van der Waals surface area contributed by atoms with Gasteiger partial charge in [0.15, 0.2) is 0 Å². The van der Waals surface area contributed by atoms with Crippen LogP contribution in [0, 0.1) is 11.8 Å². The second-order valence-electron chi connectivity index (χ2n) is 21.0. The lowest BCUT2D eigenvalue weighted by atomic mass is 9.62. The van der Waals surface area contributed by atoms with Crippen molar-refractivity contribution >= 4 is 13.4 Å². The molecule has 1 N–H and O–H groups in total. The monoisotopic (exact) mass is 736 g/mol. The predicted octanol–water partition coefficient (Wildman–Crippen LogP) is 13.6. The quantitative estimate of drug-likeness (QED) is 0.266. The molecule has 1 saturated carbocycles. The van der Waals surface area contributed by atoms with Gasteiger partial charge in [-0.25, -0.2) is 4.57 Å². The lowest BCUT2D eigenvalue weighted by molar-refractivity contribution is 0.201. The Morgan fingerprint density at radius 1 is 0.642 bits per heavy atom. The summed E-state index contributed by atoms with van der Waals surface area (Å²) < 4.78 is 27.6. The van der Waals surface area contributed by atoms with Crippen LogP contribution in [0.5, 0.6) is 5.75 Å². The van der Waals surface area contributed by atoms with E-state index in [1.54, 1.807) is 0 Å². The first-order valence-electron chi connectivity index (χ1n) is 20.5. The number of phosphoric ester groups is 1. The Kier molecular flexibility index (Phi) is 9.55. The molecule has 286 valence electrons. The molecular weight excluding hydrogens is 671 g/mol. The van der Waals surface area contributed by atoms with Gasteiger partial charge in [0.05, 0.1) is 0 Å². The van der Waals surface area contributed by atoms with Crippen molar-refractivity contribution in [1.82, 2.24) is 0 Å². The molecule has 0 saturated heterocycles. The van der Waals surface area contributed by atoms with Crippen LogP contribution in [0.25, 0.3) is 16.7 Å². The largest absolute Gasteiger partial charge is 0.584 e. The van der Waals surface area contributed by atoms with Gasteiger partial charge in [0.1, 0.15) is 11.5 Å². The number of benzene rings is 3. The highest BCUT2D eigenvalue weighted by atomic mass is 31.2. The van der Waals surface area contributed by atoms with Crippen LogP contribution >= 0.6 is 7.82 Å². The van der Waals surface area contributed by atoms with E-state index in [2.05, 4.69) is 126 Å². The van der Waals surface area contributed by atoms with Crippen LogP contribution in [0.3, 0.4) is 0 Å². The van der Waals surface area contributed by atoms with Gasteiger partial charge < -0.3 is 9.05 Å². The van der Waals surface area contributed by atoms with Crippen molar-refractivity contribution in [2.45, 2.75) is 168 Å². The molecule has 0 bridgehead atoms. The number of phosphoric acid groups is 1. The van der Waals surface area contributed by atoms with Crippen molar-refractivity contribution in [2.24, 2.45) is 11.8 Å². The Morgan fingerprint density at radius 2 is 1.17 bits per heavy atom. The summed E-state index contributed by atoms with van der Waals surface area (Å²) in [7, 11) is -4.58. The molecule has 0 radical (unpaired) electrons. The number of aryl methyl sites for hydroxylation is 1. The highest BCUT2D eigenvalue weighted by Gasteiger charge is 2.48. The molecule has 0 amide bonds. The summed E-state index contributed by atoms with van der Waals surface area (Å²) in [5.74, 6) is 1.83. The first-order chi connectivity index (χ1) is 24.5. The fourth-order valence-electron chi connectivity index (χ4n) is 9.46. The summed E-state index contributed by atoms with van der Waals surface area (Å²) in [5, 5.41) is 0. The van der Waals surface area contributed by atoms with E-state index in [4.69, 9.17) is 9.05 Å². The van der Waals surface area contributed by atoms with Gasteiger partial charge in [0.25, 0.3) is 0 Å². The minimum atomic E-state index is -4.58. The van der Waals surface area contributed by atoms with Gasteiger partial charge in [-0.05, 0) is 129 Å². The standard InChI is InChI=1S/C48H65O4P/c1-45(2,3)33-21-31(22-34(27-33)46(4,5)6)39-25-29-17-13-15-19-37(29)41-42-38-20-16-14-18-30(38)26-40(44(42)52-53(49,50)51-43(39)41)32-23-35(47(7,8)9)28-36(24-32)48(10,11)12/h21-25,27-28,30,38,40H,13-20,26H2,1-12H3,(H,49,50)/t30?,38?,40-/m0/s1. The van der Waals surface area contributed by atoms with E-state index in [0.29, 0.717) is 17.4 Å². The topological polar surface area (TPSA) is 55.8 Å². The van der Waals surface area contributed by atoms with Crippen LogP contribution in [0.15, 0.2) is 48.2 Å². The zero-order chi connectivity index (χ0) is 38.5. The van der Waals surface area contributed by atoms with E-state index < -0.39 is 7.82 Å². The molecule has 3 unspecified atom stereocenters. The van der Waals surface area contributed by atoms with Gasteiger partial charge in [-0.15, -0.1) is 0 Å². The number of hydrogen-bond acceptors (Lipinski definition) is 3. The van der Waals surface area contributed by atoms with Gasteiger partial charge in [-0.3, -0.25) is 4.89 Å². The lowest BCUT2D eigenvalue weighted by Crippen LogP contribution is -2.30. The van der Waals surface area contributed by atoms with Crippen molar-refractivity contribution in [3.05, 3.63) is 92.7 Å². The molecule has 0 spiro atoms. The molecule has 3 aliphatic carbocycles. The third-order valence-electron chi connectivity index (χ3n) is 12.8. The zero-order valence-electron chi connectivity index (χ0n) is 34.8. The summed E-state index contributed by atoms with van der Waals surface area (Å²) in [5.41, 5.74) is 12.9. The number of allylic oxidation sites excluding steroid dienone is 2. The molecule has 5 heteroatoms. The maximum Gasteiger partial charge on any atom is 0.584 e. The smallest absolute Gasteiger partial charge is 0.399 e. The molecule has 1 heterocycles. The molecule has 3 aromatic rings. The van der Waals surface area contributed by atoms with Gasteiger partial charge in [0.2, 0.25) is 0 Å². The van der Waals surface area contributed by atoms with E-state index in [-0.39, 0.29) is 33.5 Å². The Labute approximate surface area is 320 Å². The van der Waals surface area contributed by atoms with Gasteiger partial charge in [0, 0.05) is 22.6 Å². The SMILES string of the molecule is CC(C)(C)c1cc(-c2cc3c(c4c2OP(=O)(O)OC2=C4C4CCCCC4C[C@H]2c2cc(C(C)(C)C)cc(C(C)(C)C)c2)CCCC3)cc(C(C)(C)C)c1. The van der Waals surface area contributed by atoms with Crippen LogP contribution in [0.4, 0.5) is 0 Å². The number of rotatable bonds is 2. The van der Waals surface area contributed by atoms with E-state index >= 15 is 0 Å². The molecule has 53 heavy (non-hydrogen) atoms. The van der Waals surface area contributed by atoms with Crippen LogP contribution in [0.2, 0.25) is 0 Å². The summed E-state index contributed by atoms with van der Waals surface area (Å²) >= 11 is 0. The maximum absolute atomic E-state index is 14.5. The molecule has 4 aliphatic rings. The molecular formula is C48H65O4P. The summed E-state index contributed by atoms with van der Waals surface area (Å²) in [6.45, 7) is 27.3. The van der Waals surface area contributed by atoms with Gasteiger partial charge in [-0.2, -0.15) is 0 Å². The average Bonchev–Trinajstić information content (AvgIpc) is 3.18. The van der Waals surface area contributed by atoms with E-state index in [1.165, 1.54) is 51.8 Å². The molecule has 1 aliphatic heterocycles. The van der Waals surface area contributed by atoms with E-state index in [9.17, 15) is 9.46 Å². The lowest BCUT2D eigenvalue weighted by Gasteiger charge is -2.42. The molecule has 4 nitrogen and oxygen atoms in total. The minimum Gasteiger partial charge on any atom is -0.399 e. The Bertz CT molecular complexity index is 1940. The summed E-state index contributed by atoms with van der Waals surface area (Å²) in [6.07, 6.45) is 9.73. The second kappa shape index (κ2) is 13.2. The summed E-state index contributed by atoms with van der Waals surface area (Å²) in [6, 6.07) is 16.3. The normalized spacial score (nSPS) is 25.0. The first-order valence-corrected chi connectivity index (χ1v) is 22.0. The molecule has 7 rings (SSSR count). The third kappa shape index (κ3) is 7.46. The van der Waals surface area contributed by atoms with Gasteiger partial charge in [-0.1, -0.05) is 132 Å². The van der Waals surface area contributed by atoms with Crippen LogP contribution in [0.1, 0.15) is 178 Å². The summed E-state index contributed by atoms with van der Waals surface area (Å²) in [4.78, 5) is 11.9. The highest BCUT2D eigenvalue weighted by molar-refractivity contribution is 7.48. The molecule has 3 aromatic carbocycles. The minimum absolute atomic E-state index is 0.0526. The van der Waals surface area contributed by atoms with E-state index in [0.717, 1.165) is 67.2 Å².